The van der Waals surface area contributed by atoms with E-state index in [0.29, 0.717) is 5.41 Å². The van der Waals surface area contributed by atoms with E-state index < -0.39 is 0 Å². The van der Waals surface area contributed by atoms with Crippen LogP contribution in [0, 0.1) is 29.1 Å². The van der Waals surface area contributed by atoms with E-state index >= 15 is 0 Å². The number of hydrogen-bond donors (Lipinski definition) is 1. The van der Waals surface area contributed by atoms with Crippen LogP contribution in [0.25, 0.3) is 0 Å². The Balaban J connectivity index is 1.97. The molecule has 4 unspecified atom stereocenters. The van der Waals surface area contributed by atoms with Gasteiger partial charge in [0, 0.05) is 6.54 Å². The van der Waals surface area contributed by atoms with Crippen molar-refractivity contribution in [3.63, 3.8) is 0 Å². The van der Waals surface area contributed by atoms with Gasteiger partial charge in [-0.3, -0.25) is 0 Å². The minimum atomic E-state index is 0.660. The van der Waals surface area contributed by atoms with Crippen molar-refractivity contribution in [2.45, 2.75) is 66.2 Å². The third kappa shape index (κ3) is 3.10. The van der Waals surface area contributed by atoms with Crippen LogP contribution in [0.4, 0.5) is 0 Å². The second-order valence-corrected chi connectivity index (χ2v) is 7.66. The summed E-state index contributed by atoms with van der Waals surface area (Å²) in [7, 11) is 0. The van der Waals surface area contributed by atoms with Crippen molar-refractivity contribution in [2.24, 2.45) is 29.1 Å². The van der Waals surface area contributed by atoms with Gasteiger partial charge in [0.2, 0.25) is 0 Å². The van der Waals surface area contributed by atoms with E-state index in [1.165, 1.54) is 38.6 Å². The molecule has 0 aromatic heterocycles. The summed E-state index contributed by atoms with van der Waals surface area (Å²) in [4.78, 5) is 0. The Morgan fingerprint density at radius 2 is 2.00 bits per heavy atom. The third-order valence-electron chi connectivity index (χ3n) is 5.46. The second kappa shape index (κ2) is 5.94. The van der Waals surface area contributed by atoms with Gasteiger partial charge in [-0.15, -0.1) is 0 Å². The van der Waals surface area contributed by atoms with Gasteiger partial charge < -0.3 is 5.32 Å². The first kappa shape index (κ1) is 14.4. The third-order valence-corrected chi connectivity index (χ3v) is 5.46. The fourth-order valence-corrected chi connectivity index (χ4v) is 5.05. The number of nitrogens with one attached hydrogen (secondary N) is 1. The summed E-state index contributed by atoms with van der Waals surface area (Å²) in [6, 6.07) is 0. The van der Waals surface area contributed by atoms with E-state index in [2.05, 4.69) is 33.0 Å². The van der Waals surface area contributed by atoms with Crippen LogP contribution in [0.5, 0.6) is 0 Å². The van der Waals surface area contributed by atoms with Crippen LogP contribution < -0.4 is 5.32 Å². The molecule has 0 amide bonds. The predicted octanol–water partition coefficient (Wildman–Crippen LogP) is 4.47. The molecule has 106 valence electrons. The fourth-order valence-electron chi connectivity index (χ4n) is 5.05. The summed E-state index contributed by atoms with van der Waals surface area (Å²) < 4.78 is 0. The van der Waals surface area contributed by atoms with Gasteiger partial charge in [0.15, 0.2) is 0 Å². The molecule has 2 rings (SSSR count). The fraction of sp³-hybridized carbons (Fsp3) is 1.00. The van der Waals surface area contributed by atoms with Crippen LogP contribution in [-0.4, -0.2) is 13.1 Å². The van der Waals surface area contributed by atoms with E-state index in [-0.39, 0.29) is 0 Å². The van der Waals surface area contributed by atoms with Crippen molar-refractivity contribution in [1.29, 1.82) is 0 Å². The molecule has 2 saturated carbocycles. The Morgan fingerprint density at radius 1 is 1.22 bits per heavy atom. The molecule has 1 N–H and O–H groups in total. The summed E-state index contributed by atoms with van der Waals surface area (Å²) in [5.41, 5.74) is 0.660. The summed E-state index contributed by atoms with van der Waals surface area (Å²) in [6.07, 6.45) is 8.99. The Kier molecular flexibility index (Phi) is 4.75. The van der Waals surface area contributed by atoms with Crippen molar-refractivity contribution in [1.82, 2.24) is 5.32 Å². The van der Waals surface area contributed by atoms with Gasteiger partial charge in [-0.25, -0.2) is 0 Å². The van der Waals surface area contributed by atoms with Crippen LogP contribution in [0.15, 0.2) is 0 Å². The minimum absolute atomic E-state index is 0.660. The molecular formula is C17H33N. The van der Waals surface area contributed by atoms with E-state index in [9.17, 15) is 0 Å². The normalized spacial score (nSPS) is 36.5. The van der Waals surface area contributed by atoms with E-state index in [1.807, 2.05) is 0 Å². The van der Waals surface area contributed by atoms with Gasteiger partial charge in [0.05, 0.1) is 0 Å². The van der Waals surface area contributed by atoms with Gasteiger partial charge in [-0.1, -0.05) is 34.1 Å². The molecule has 0 saturated heterocycles. The number of rotatable bonds is 7. The molecule has 2 aliphatic carbocycles. The molecule has 1 nitrogen and oxygen atoms in total. The highest BCUT2D eigenvalue weighted by Gasteiger charge is 2.50. The zero-order chi connectivity index (χ0) is 13.2. The first-order chi connectivity index (χ1) is 8.55. The van der Waals surface area contributed by atoms with Crippen LogP contribution in [0.2, 0.25) is 0 Å². The van der Waals surface area contributed by atoms with Crippen LogP contribution in [0.1, 0.15) is 66.2 Å². The van der Waals surface area contributed by atoms with E-state index in [1.54, 1.807) is 6.42 Å². The minimum Gasteiger partial charge on any atom is -0.316 e. The van der Waals surface area contributed by atoms with Crippen molar-refractivity contribution in [3.05, 3.63) is 0 Å². The highest BCUT2D eigenvalue weighted by atomic mass is 14.9. The standard InChI is InChI=1S/C17H33N/c1-5-18-12-17(10-14(4)8-13(2)3)11-15-6-7-16(17)9-15/h13-16,18H,5-12H2,1-4H3. The highest BCUT2D eigenvalue weighted by molar-refractivity contribution is 5.01. The monoisotopic (exact) mass is 251 g/mol. The first-order valence-corrected chi connectivity index (χ1v) is 8.26. The Morgan fingerprint density at radius 3 is 2.50 bits per heavy atom. The molecule has 4 atom stereocenters. The first-order valence-electron chi connectivity index (χ1n) is 8.26. The Bertz CT molecular complexity index is 260. The van der Waals surface area contributed by atoms with E-state index in [4.69, 9.17) is 0 Å². The molecular weight excluding hydrogens is 218 g/mol. The summed E-state index contributed by atoms with van der Waals surface area (Å²) in [5, 5.41) is 3.67. The van der Waals surface area contributed by atoms with Gasteiger partial charge in [-0.05, 0) is 67.7 Å². The van der Waals surface area contributed by atoms with Crippen LogP contribution >= 0.6 is 0 Å². The maximum Gasteiger partial charge on any atom is 0.00106 e. The highest BCUT2D eigenvalue weighted by Crippen LogP contribution is 2.58. The van der Waals surface area contributed by atoms with Gasteiger partial charge in [-0.2, -0.15) is 0 Å². The van der Waals surface area contributed by atoms with Crippen molar-refractivity contribution < 1.29 is 0 Å². The average molecular weight is 251 g/mol. The topological polar surface area (TPSA) is 12.0 Å². The molecule has 2 fully saturated rings. The lowest BCUT2D eigenvalue weighted by atomic mass is 9.67. The molecule has 0 heterocycles. The number of fused-ring (bicyclic) bond motifs is 2. The number of hydrogen-bond acceptors (Lipinski definition) is 1. The smallest absolute Gasteiger partial charge is 0.00106 e. The van der Waals surface area contributed by atoms with Crippen molar-refractivity contribution in [2.75, 3.05) is 13.1 Å². The molecule has 2 bridgehead atoms. The average Bonchev–Trinajstić information content (AvgIpc) is 2.85. The molecule has 0 radical (unpaired) electrons. The van der Waals surface area contributed by atoms with Gasteiger partial charge in [0.1, 0.15) is 0 Å². The summed E-state index contributed by atoms with van der Waals surface area (Å²) in [5.74, 6) is 3.87. The zero-order valence-corrected chi connectivity index (χ0v) is 13.0. The Hall–Kier alpha value is -0.0400. The Labute approximate surface area is 114 Å². The second-order valence-electron chi connectivity index (χ2n) is 7.66. The molecule has 18 heavy (non-hydrogen) atoms. The quantitative estimate of drug-likeness (QED) is 0.703. The predicted molar refractivity (Wildman–Crippen MR) is 79.7 cm³/mol. The molecule has 2 aliphatic rings. The molecule has 0 spiro atoms. The summed E-state index contributed by atoms with van der Waals surface area (Å²) in [6.45, 7) is 11.9. The molecule has 0 aromatic rings. The SMILES string of the molecule is CCNCC1(CC(C)CC(C)C)CC2CCC1C2. The lowest BCUT2D eigenvalue weighted by molar-refractivity contribution is 0.114. The van der Waals surface area contributed by atoms with Crippen LogP contribution in [-0.2, 0) is 0 Å². The van der Waals surface area contributed by atoms with Gasteiger partial charge in [0.25, 0.3) is 0 Å². The maximum atomic E-state index is 3.67. The summed E-state index contributed by atoms with van der Waals surface area (Å²) >= 11 is 0. The van der Waals surface area contributed by atoms with Crippen LogP contribution in [0.3, 0.4) is 0 Å². The maximum absolute atomic E-state index is 3.67. The lowest BCUT2D eigenvalue weighted by Gasteiger charge is -2.40. The lowest BCUT2D eigenvalue weighted by Crippen LogP contribution is -2.40. The largest absolute Gasteiger partial charge is 0.316 e. The van der Waals surface area contributed by atoms with Gasteiger partial charge >= 0.3 is 0 Å². The molecule has 0 aromatic carbocycles. The van der Waals surface area contributed by atoms with Crippen molar-refractivity contribution >= 4 is 0 Å². The molecule has 1 heteroatoms. The van der Waals surface area contributed by atoms with E-state index in [0.717, 1.165) is 30.2 Å². The molecule has 0 aliphatic heterocycles. The van der Waals surface area contributed by atoms with Crippen molar-refractivity contribution in [3.8, 4) is 0 Å². The zero-order valence-electron chi connectivity index (χ0n) is 13.0.